The van der Waals surface area contributed by atoms with Gasteiger partial charge in [-0.2, -0.15) is 0 Å². The third kappa shape index (κ3) is 5.21. The average Bonchev–Trinajstić information content (AvgIpc) is 3.25. The van der Waals surface area contributed by atoms with Crippen molar-refractivity contribution in [2.24, 2.45) is 5.92 Å². The highest BCUT2D eigenvalue weighted by Gasteiger charge is 2.26. The minimum Gasteiger partial charge on any atom is -0.352 e. The van der Waals surface area contributed by atoms with Crippen LogP contribution in [-0.4, -0.2) is 49.4 Å². The molecule has 2 aromatic rings. The zero-order chi connectivity index (χ0) is 22.5. The first-order chi connectivity index (χ1) is 15.5. The Morgan fingerprint density at radius 3 is 2.38 bits per heavy atom. The number of fused-ring (bicyclic) bond motifs is 1. The summed E-state index contributed by atoms with van der Waals surface area (Å²) in [5.41, 5.74) is 5.15. The van der Waals surface area contributed by atoms with E-state index >= 15 is 0 Å². The van der Waals surface area contributed by atoms with Crippen molar-refractivity contribution in [3.05, 3.63) is 53.6 Å². The van der Waals surface area contributed by atoms with Gasteiger partial charge in [0.1, 0.15) is 0 Å². The van der Waals surface area contributed by atoms with Crippen LogP contribution in [0.25, 0.3) is 11.1 Å². The van der Waals surface area contributed by atoms with Gasteiger partial charge in [0.15, 0.2) is 0 Å². The van der Waals surface area contributed by atoms with Crippen LogP contribution in [0.4, 0.5) is 5.69 Å². The molecule has 2 aliphatic heterocycles. The van der Waals surface area contributed by atoms with Crippen molar-refractivity contribution in [3.8, 4) is 11.1 Å². The molecule has 0 atom stereocenters. The monoisotopic (exact) mass is 433 g/mol. The Labute approximate surface area is 191 Å². The van der Waals surface area contributed by atoms with Crippen LogP contribution in [-0.2, 0) is 11.2 Å². The summed E-state index contributed by atoms with van der Waals surface area (Å²) in [5, 5.41) is 3.05. The molecule has 2 aromatic carbocycles. The molecule has 1 fully saturated rings. The van der Waals surface area contributed by atoms with Crippen molar-refractivity contribution < 1.29 is 9.59 Å². The van der Waals surface area contributed by atoms with E-state index in [0.717, 1.165) is 42.7 Å². The van der Waals surface area contributed by atoms with Crippen molar-refractivity contribution >= 4 is 17.5 Å². The number of carbonyl (C=O) groups excluding carboxylic acids is 2. The molecule has 1 saturated heterocycles. The molecule has 0 bridgehead atoms. The van der Waals surface area contributed by atoms with Gasteiger partial charge < -0.3 is 15.1 Å². The van der Waals surface area contributed by atoms with E-state index in [0.29, 0.717) is 12.1 Å². The molecule has 2 aliphatic rings. The summed E-state index contributed by atoms with van der Waals surface area (Å²) in [6.07, 6.45) is 5.84. The Morgan fingerprint density at radius 2 is 1.66 bits per heavy atom. The Kier molecular flexibility index (Phi) is 7.26. The first-order valence-corrected chi connectivity index (χ1v) is 12.1. The maximum Gasteiger partial charge on any atom is 0.251 e. The van der Waals surface area contributed by atoms with E-state index in [1.54, 1.807) is 0 Å². The van der Waals surface area contributed by atoms with Crippen LogP contribution in [0, 0.1) is 5.92 Å². The lowest BCUT2D eigenvalue weighted by atomic mass is 10.0. The van der Waals surface area contributed by atoms with Crippen LogP contribution in [0.1, 0.15) is 55.5 Å². The summed E-state index contributed by atoms with van der Waals surface area (Å²) in [6.45, 7) is 8.83. The van der Waals surface area contributed by atoms with Gasteiger partial charge >= 0.3 is 0 Å². The smallest absolute Gasteiger partial charge is 0.251 e. The zero-order valence-electron chi connectivity index (χ0n) is 19.4. The van der Waals surface area contributed by atoms with E-state index in [1.807, 2.05) is 43.0 Å². The normalized spacial score (nSPS) is 16.3. The van der Waals surface area contributed by atoms with Gasteiger partial charge in [-0.15, -0.1) is 0 Å². The van der Waals surface area contributed by atoms with Gasteiger partial charge in [-0.05, 0) is 86.3 Å². The standard InChI is InChI=1S/C27H35N3O2/c1-20(2)27(32)30-18-13-24-19-23(11-12-25(24)30)21-7-9-22(10-8-21)26(31)28-14-6-17-29-15-4-3-5-16-29/h7-12,19-20H,3-6,13-18H2,1-2H3,(H,28,31). The molecule has 32 heavy (non-hydrogen) atoms. The molecule has 4 rings (SSSR count). The molecule has 0 aromatic heterocycles. The number of rotatable bonds is 7. The first kappa shape index (κ1) is 22.5. The first-order valence-electron chi connectivity index (χ1n) is 12.1. The molecule has 2 heterocycles. The van der Waals surface area contributed by atoms with Gasteiger partial charge in [-0.1, -0.05) is 38.5 Å². The summed E-state index contributed by atoms with van der Waals surface area (Å²) in [4.78, 5) is 29.3. The molecule has 0 unspecified atom stereocenters. The van der Waals surface area contributed by atoms with E-state index in [4.69, 9.17) is 0 Å². The van der Waals surface area contributed by atoms with Gasteiger partial charge in [0.2, 0.25) is 5.91 Å². The number of hydrogen-bond donors (Lipinski definition) is 1. The van der Waals surface area contributed by atoms with Crippen molar-refractivity contribution in [2.75, 3.05) is 37.6 Å². The fourth-order valence-corrected chi connectivity index (χ4v) is 4.73. The maximum atomic E-state index is 12.5. The number of nitrogens with zero attached hydrogens (tertiary/aromatic N) is 2. The SMILES string of the molecule is CC(C)C(=O)N1CCc2cc(-c3ccc(C(=O)NCCCN4CCCCC4)cc3)ccc21. The predicted molar refractivity (Wildman–Crippen MR) is 130 cm³/mol. The average molecular weight is 434 g/mol. The summed E-state index contributed by atoms with van der Waals surface area (Å²) >= 11 is 0. The van der Waals surface area contributed by atoms with Crippen LogP contribution in [0.5, 0.6) is 0 Å². The molecule has 5 nitrogen and oxygen atoms in total. The van der Waals surface area contributed by atoms with Gasteiger partial charge in [0.25, 0.3) is 5.91 Å². The van der Waals surface area contributed by atoms with Crippen molar-refractivity contribution in [1.82, 2.24) is 10.2 Å². The number of anilines is 1. The van der Waals surface area contributed by atoms with E-state index < -0.39 is 0 Å². The number of amides is 2. The minimum absolute atomic E-state index is 0.00378. The number of nitrogens with one attached hydrogen (secondary N) is 1. The Balaban J connectivity index is 1.32. The molecule has 1 N–H and O–H groups in total. The minimum atomic E-state index is -0.00742. The Bertz CT molecular complexity index is 946. The third-order valence-corrected chi connectivity index (χ3v) is 6.60. The summed E-state index contributed by atoms with van der Waals surface area (Å²) in [5.74, 6) is 0.180. The highest BCUT2D eigenvalue weighted by Crippen LogP contribution is 2.33. The molecule has 170 valence electrons. The van der Waals surface area contributed by atoms with Crippen LogP contribution < -0.4 is 10.2 Å². The second-order valence-electron chi connectivity index (χ2n) is 9.33. The van der Waals surface area contributed by atoms with Gasteiger partial charge in [-0.3, -0.25) is 9.59 Å². The number of likely N-dealkylation sites (tertiary alicyclic amines) is 1. The number of piperidine rings is 1. The lowest BCUT2D eigenvalue weighted by Crippen LogP contribution is -2.33. The quantitative estimate of drug-likeness (QED) is 0.654. The topological polar surface area (TPSA) is 52.7 Å². The fraction of sp³-hybridized carbons (Fsp3) is 0.481. The zero-order valence-corrected chi connectivity index (χ0v) is 19.4. The molecule has 2 amide bonds. The Morgan fingerprint density at radius 1 is 0.938 bits per heavy atom. The number of hydrogen-bond acceptors (Lipinski definition) is 3. The Hall–Kier alpha value is -2.66. The molecular weight excluding hydrogens is 398 g/mol. The van der Waals surface area contributed by atoms with Gasteiger partial charge in [0, 0.05) is 30.3 Å². The van der Waals surface area contributed by atoms with Crippen molar-refractivity contribution in [1.29, 1.82) is 0 Å². The molecule has 0 radical (unpaired) electrons. The lowest BCUT2D eigenvalue weighted by molar-refractivity contribution is -0.121. The second kappa shape index (κ2) is 10.3. The predicted octanol–water partition coefficient (Wildman–Crippen LogP) is 4.50. The van der Waals surface area contributed by atoms with E-state index in [-0.39, 0.29) is 17.7 Å². The molecular formula is C27H35N3O2. The number of carbonyl (C=O) groups is 2. The van der Waals surface area contributed by atoms with Crippen LogP contribution >= 0.6 is 0 Å². The van der Waals surface area contributed by atoms with Crippen LogP contribution in [0.15, 0.2) is 42.5 Å². The number of benzene rings is 2. The fourth-order valence-electron chi connectivity index (χ4n) is 4.73. The van der Waals surface area contributed by atoms with Gasteiger partial charge in [0.05, 0.1) is 0 Å². The molecule has 0 saturated carbocycles. The maximum absolute atomic E-state index is 12.5. The van der Waals surface area contributed by atoms with E-state index in [9.17, 15) is 9.59 Å². The summed E-state index contributed by atoms with van der Waals surface area (Å²) in [6, 6.07) is 14.1. The largest absolute Gasteiger partial charge is 0.352 e. The molecule has 0 aliphatic carbocycles. The third-order valence-electron chi connectivity index (χ3n) is 6.60. The van der Waals surface area contributed by atoms with Crippen molar-refractivity contribution in [2.45, 2.75) is 46.0 Å². The van der Waals surface area contributed by atoms with Crippen LogP contribution in [0.2, 0.25) is 0 Å². The second-order valence-corrected chi connectivity index (χ2v) is 9.33. The highest BCUT2D eigenvalue weighted by molar-refractivity contribution is 5.97. The molecule has 5 heteroatoms. The summed E-state index contributed by atoms with van der Waals surface area (Å²) < 4.78 is 0. The lowest BCUT2D eigenvalue weighted by Gasteiger charge is -2.26. The van der Waals surface area contributed by atoms with Gasteiger partial charge in [-0.25, -0.2) is 0 Å². The van der Waals surface area contributed by atoms with Crippen LogP contribution in [0.3, 0.4) is 0 Å². The van der Waals surface area contributed by atoms with Crippen molar-refractivity contribution in [3.63, 3.8) is 0 Å². The summed E-state index contributed by atoms with van der Waals surface area (Å²) in [7, 11) is 0. The molecule has 0 spiro atoms. The highest BCUT2D eigenvalue weighted by atomic mass is 16.2. The van der Waals surface area contributed by atoms with E-state index in [1.165, 1.54) is 37.9 Å². The van der Waals surface area contributed by atoms with E-state index in [2.05, 4.69) is 28.4 Å².